The fourth-order valence-corrected chi connectivity index (χ4v) is 2.63. The Balaban J connectivity index is 2.35. The number of carbonyl (C=O) groups excluding carboxylic acids is 1. The van der Waals surface area contributed by atoms with Crippen molar-refractivity contribution in [3.8, 4) is 0 Å². The fraction of sp³-hybridized carbons (Fsp3) is 0.583. The van der Waals surface area contributed by atoms with Crippen molar-refractivity contribution in [2.45, 2.75) is 38.8 Å². The maximum absolute atomic E-state index is 11.7. The maximum atomic E-state index is 11.7. The van der Waals surface area contributed by atoms with E-state index in [0.29, 0.717) is 6.42 Å². The molecule has 1 aromatic rings. The topological polar surface area (TPSA) is 61.4 Å². The minimum Gasteiger partial charge on any atom is -0.396 e. The van der Waals surface area contributed by atoms with Gasteiger partial charge in [0.25, 0.3) is 0 Å². The summed E-state index contributed by atoms with van der Waals surface area (Å²) >= 11 is 7.31. The van der Waals surface area contributed by atoms with Gasteiger partial charge in [-0.2, -0.15) is 0 Å². The molecule has 0 fully saturated rings. The molecule has 0 saturated carbocycles. The third-order valence-electron chi connectivity index (χ3n) is 2.54. The zero-order chi connectivity index (χ0) is 13.5. The molecule has 0 radical (unpaired) electrons. The van der Waals surface area contributed by atoms with E-state index in [1.54, 1.807) is 0 Å². The molecule has 0 saturated heterocycles. The highest BCUT2D eigenvalue weighted by Gasteiger charge is 2.13. The van der Waals surface area contributed by atoms with E-state index in [0.717, 1.165) is 15.6 Å². The van der Waals surface area contributed by atoms with E-state index in [2.05, 4.69) is 10.6 Å². The molecule has 1 aromatic heterocycles. The third kappa shape index (κ3) is 5.25. The molecule has 2 amide bonds. The van der Waals surface area contributed by atoms with Gasteiger partial charge in [-0.15, -0.1) is 11.3 Å². The summed E-state index contributed by atoms with van der Waals surface area (Å²) in [7, 11) is 0. The first kappa shape index (κ1) is 15.3. The lowest BCUT2D eigenvalue weighted by atomic mass is 10.2. The summed E-state index contributed by atoms with van der Waals surface area (Å²) in [6.45, 7) is 3.99. The van der Waals surface area contributed by atoms with Gasteiger partial charge in [-0.25, -0.2) is 4.79 Å². The minimum absolute atomic E-state index is 0.0521. The molecule has 2 atom stereocenters. The van der Waals surface area contributed by atoms with Crippen LogP contribution < -0.4 is 10.6 Å². The molecule has 0 aliphatic rings. The standard InChI is InChI=1S/C12H19ClN2O2S/c1-8(4-3-7-16)14-12(17)15-9(2)10-5-6-11(13)18-10/h5-6,8-9,16H,3-4,7H2,1-2H3,(H2,14,15,17). The van der Waals surface area contributed by atoms with Gasteiger partial charge < -0.3 is 15.7 Å². The zero-order valence-electron chi connectivity index (χ0n) is 10.6. The van der Waals surface area contributed by atoms with Crippen LogP contribution in [-0.2, 0) is 0 Å². The van der Waals surface area contributed by atoms with Crippen LogP contribution in [0.15, 0.2) is 12.1 Å². The first-order valence-corrected chi connectivity index (χ1v) is 7.15. The quantitative estimate of drug-likeness (QED) is 0.754. The van der Waals surface area contributed by atoms with Crippen molar-refractivity contribution >= 4 is 29.0 Å². The largest absolute Gasteiger partial charge is 0.396 e. The van der Waals surface area contributed by atoms with Gasteiger partial charge in [-0.1, -0.05) is 11.6 Å². The second-order valence-electron chi connectivity index (χ2n) is 4.25. The van der Waals surface area contributed by atoms with Gasteiger partial charge in [0.2, 0.25) is 0 Å². The summed E-state index contributed by atoms with van der Waals surface area (Å²) in [6, 6.07) is 3.52. The summed E-state index contributed by atoms with van der Waals surface area (Å²) < 4.78 is 0.718. The van der Waals surface area contributed by atoms with Crippen LogP contribution in [-0.4, -0.2) is 23.8 Å². The summed E-state index contributed by atoms with van der Waals surface area (Å²) in [5.41, 5.74) is 0. The van der Waals surface area contributed by atoms with Crippen molar-refractivity contribution in [2.75, 3.05) is 6.61 Å². The van der Waals surface area contributed by atoms with E-state index in [9.17, 15) is 4.79 Å². The van der Waals surface area contributed by atoms with Gasteiger partial charge in [0.1, 0.15) is 0 Å². The van der Waals surface area contributed by atoms with Crippen LogP contribution >= 0.6 is 22.9 Å². The van der Waals surface area contributed by atoms with Crippen molar-refractivity contribution in [1.82, 2.24) is 10.6 Å². The number of nitrogens with one attached hydrogen (secondary N) is 2. The predicted molar refractivity (Wildman–Crippen MR) is 75.2 cm³/mol. The van der Waals surface area contributed by atoms with Gasteiger partial charge in [0.05, 0.1) is 10.4 Å². The molecule has 102 valence electrons. The molecule has 1 heterocycles. The lowest BCUT2D eigenvalue weighted by Gasteiger charge is -2.17. The molecule has 0 aliphatic heterocycles. The number of aliphatic hydroxyl groups excluding tert-OH is 1. The van der Waals surface area contributed by atoms with Gasteiger partial charge >= 0.3 is 6.03 Å². The number of urea groups is 1. The normalized spacial score (nSPS) is 14.0. The molecule has 18 heavy (non-hydrogen) atoms. The molecule has 3 N–H and O–H groups in total. The lowest BCUT2D eigenvalue weighted by molar-refractivity contribution is 0.231. The molecule has 0 bridgehead atoms. The first-order valence-electron chi connectivity index (χ1n) is 5.96. The summed E-state index contributed by atoms with van der Waals surface area (Å²) in [5, 5.41) is 14.4. The highest BCUT2D eigenvalue weighted by atomic mass is 35.5. The number of aliphatic hydroxyl groups is 1. The van der Waals surface area contributed by atoms with Crippen LogP contribution in [0.3, 0.4) is 0 Å². The number of hydrogen-bond donors (Lipinski definition) is 3. The van der Waals surface area contributed by atoms with Crippen LogP contribution in [0.1, 0.15) is 37.6 Å². The van der Waals surface area contributed by atoms with E-state index in [-0.39, 0.29) is 24.7 Å². The Labute approximate surface area is 116 Å². The average molecular weight is 291 g/mol. The van der Waals surface area contributed by atoms with Crippen LogP contribution in [0.4, 0.5) is 4.79 Å². The van der Waals surface area contributed by atoms with E-state index in [1.165, 1.54) is 11.3 Å². The Hall–Kier alpha value is -0.780. The first-order chi connectivity index (χ1) is 8.52. The van der Waals surface area contributed by atoms with Gasteiger partial charge in [-0.05, 0) is 38.8 Å². The lowest BCUT2D eigenvalue weighted by Crippen LogP contribution is -2.41. The molecule has 6 heteroatoms. The average Bonchev–Trinajstić information content (AvgIpc) is 2.73. The molecule has 0 spiro atoms. The highest BCUT2D eigenvalue weighted by Crippen LogP contribution is 2.26. The van der Waals surface area contributed by atoms with Gasteiger partial charge in [0.15, 0.2) is 0 Å². The molecule has 4 nitrogen and oxygen atoms in total. The van der Waals surface area contributed by atoms with Gasteiger partial charge in [-0.3, -0.25) is 0 Å². The van der Waals surface area contributed by atoms with Crippen molar-refractivity contribution in [3.63, 3.8) is 0 Å². The Bertz CT molecular complexity index is 384. The fourth-order valence-electron chi connectivity index (χ4n) is 1.56. The molecular formula is C12H19ClN2O2S. The van der Waals surface area contributed by atoms with E-state index < -0.39 is 0 Å². The number of carbonyl (C=O) groups is 1. The van der Waals surface area contributed by atoms with Crippen molar-refractivity contribution in [1.29, 1.82) is 0 Å². The number of rotatable bonds is 6. The Morgan fingerprint density at radius 2 is 2.17 bits per heavy atom. The van der Waals surface area contributed by atoms with Crippen LogP contribution in [0.2, 0.25) is 4.34 Å². The van der Waals surface area contributed by atoms with E-state index >= 15 is 0 Å². The molecular weight excluding hydrogens is 272 g/mol. The smallest absolute Gasteiger partial charge is 0.315 e. The Kier molecular flexibility index (Phi) is 6.46. The third-order valence-corrected chi connectivity index (χ3v) is 3.95. The minimum atomic E-state index is -0.197. The van der Waals surface area contributed by atoms with Crippen LogP contribution in [0, 0.1) is 0 Å². The van der Waals surface area contributed by atoms with Gasteiger partial charge in [0, 0.05) is 17.5 Å². The summed E-state index contributed by atoms with van der Waals surface area (Å²) in [5.74, 6) is 0. The SMILES string of the molecule is CC(CCCO)NC(=O)NC(C)c1ccc(Cl)s1. The van der Waals surface area contributed by atoms with E-state index in [4.69, 9.17) is 16.7 Å². The highest BCUT2D eigenvalue weighted by molar-refractivity contribution is 7.16. The molecule has 0 aliphatic carbocycles. The van der Waals surface area contributed by atoms with Crippen molar-refractivity contribution in [3.05, 3.63) is 21.3 Å². The van der Waals surface area contributed by atoms with Crippen LogP contribution in [0.25, 0.3) is 0 Å². The molecule has 2 unspecified atom stereocenters. The molecule has 1 rings (SSSR count). The van der Waals surface area contributed by atoms with E-state index in [1.807, 2.05) is 26.0 Å². The Morgan fingerprint density at radius 3 is 2.72 bits per heavy atom. The van der Waals surface area contributed by atoms with Crippen molar-refractivity contribution < 1.29 is 9.90 Å². The van der Waals surface area contributed by atoms with Crippen molar-refractivity contribution in [2.24, 2.45) is 0 Å². The predicted octanol–water partition coefficient (Wildman–Crippen LogP) is 2.92. The van der Waals surface area contributed by atoms with Crippen LogP contribution in [0.5, 0.6) is 0 Å². The number of amides is 2. The maximum Gasteiger partial charge on any atom is 0.315 e. The number of thiophene rings is 1. The zero-order valence-corrected chi connectivity index (χ0v) is 12.1. The second kappa shape index (κ2) is 7.61. The summed E-state index contributed by atoms with van der Waals surface area (Å²) in [4.78, 5) is 12.7. The molecule has 0 aromatic carbocycles. The monoisotopic (exact) mass is 290 g/mol. The Morgan fingerprint density at radius 1 is 1.44 bits per heavy atom. The number of halogens is 1. The second-order valence-corrected chi connectivity index (χ2v) is 5.99. The number of hydrogen-bond acceptors (Lipinski definition) is 3. The summed E-state index contributed by atoms with van der Waals surface area (Å²) in [6.07, 6.45) is 1.46.